The molecule has 0 aromatic heterocycles. The molecule has 12 heavy (non-hydrogen) atoms. The highest BCUT2D eigenvalue weighted by atomic mass is 16.7. The first-order valence-electron chi connectivity index (χ1n) is 4.08. The van der Waals surface area contributed by atoms with Crippen LogP contribution >= 0.6 is 0 Å². The molecule has 0 radical (unpaired) electrons. The first kappa shape index (κ1) is 9.92. The van der Waals surface area contributed by atoms with Crippen molar-refractivity contribution in [2.75, 3.05) is 14.2 Å². The molecule has 0 aromatic carbocycles. The van der Waals surface area contributed by atoms with Gasteiger partial charge in [0.25, 0.3) is 0 Å². The fourth-order valence-corrected chi connectivity index (χ4v) is 1.43. The Hall–Kier alpha value is -0.160. The molecule has 1 rings (SSSR count). The van der Waals surface area contributed by atoms with Crippen molar-refractivity contribution >= 4 is 0 Å². The van der Waals surface area contributed by atoms with Crippen LogP contribution in [0.2, 0.25) is 0 Å². The number of aliphatic hydroxyl groups excluding tert-OH is 1. The summed E-state index contributed by atoms with van der Waals surface area (Å²) in [7, 11) is 3.14. The second-order valence-electron chi connectivity index (χ2n) is 3.02. The van der Waals surface area contributed by atoms with Crippen LogP contribution in [-0.4, -0.2) is 43.9 Å². The topological polar surface area (TPSA) is 47.9 Å². The lowest BCUT2D eigenvalue weighted by Crippen LogP contribution is -2.47. The average Bonchev–Trinajstić information content (AvgIpc) is 2.08. The third kappa shape index (κ3) is 1.95. The molecule has 4 atom stereocenters. The van der Waals surface area contributed by atoms with Crippen LogP contribution in [0.5, 0.6) is 0 Å². The zero-order valence-electron chi connectivity index (χ0n) is 7.69. The smallest absolute Gasteiger partial charge is 0.183 e. The van der Waals surface area contributed by atoms with E-state index in [1.54, 1.807) is 7.11 Å². The molecule has 0 amide bonds. The van der Waals surface area contributed by atoms with Crippen LogP contribution < -0.4 is 0 Å². The van der Waals surface area contributed by atoms with Gasteiger partial charge < -0.3 is 19.3 Å². The van der Waals surface area contributed by atoms with Crippen LogP contribution in [0.15, 0.2) is 0 Å². The van der Waals surface area contributed by atoms with Gasteiger partial charge in [-0.3, -0.25) is 0 Å². The van der Waals surface area contributed by atoms with E-state index in [-0.39, 0.29) is 12.2 Å². The quantitative estimate of drug-likeness (QED) is 0.650. The third-order valence-corrected chi connectivity index (χ3v) is 2.20. The maximum absolute atomic E-state index is 9.46. The molecule has 72 valence electrons. The highest BCUT2D eigenvalue weighted by molar-refractivity contribution is 4.79. The number of rotatable bonds is 2. The van der Waals surface area contributed by atoms with Gasteiger partial charge >= 0.3 is 0 Å². The van der Waals surface area contributed by atoms with Crippen molar-refractivity contribution in [2.24, 2.45) is 0 Å². The van der Waals surface area contributed by atoms with Gasteiger partial charge in [0.05, 0.1) is 12.2 Å². The molecule has 1 saturated heterocycles. The lowest BCUT2D eigenvalue weighted by Gasteiger charge is -2.36. The van der Waals surface area contributed by atoms with Gasteiger partial charge in [0.15, 0.2) is 6.29 Å². The van der Waals surface area contributed by atoms with Crippen molar-refractivity contribution in [3.05, 3.63) is 0 Å². The Morgan fingerprint density at radius 1 is 1.33 bits per heavy atom. The van der Waals surface area contributed by atoms with E-state index in [0.717, 1.165) is 0 Å². The Bertz CT molecular complexity index is 123. The van der Waals surface area contributed by atoms with Gasteiger partial charge in [0.2, 0.25) is 0 Å². The van der Waals surface area contributed by atoms with Crippen LogP contribution in [0.25, 0.3) is 0 Å². The summed E-state index contributed by atoms with van der Waals surface area (Å²) in [6.45, 7) is 1.91. The van der Waals surface area contributed by atoms with E-state index >= 15 is 0 Å². The van der Waals surface area contributed by atoms with Crippen molar-refractivity contribution < 1.29 is 19.3 Å². The predicted octanol–water partition coefficient (Wildman–Crippen LogP) is 0.144. The molecule has 1 N–H and O–H groups in total. The zero-order valence-corrected chi connectivity index (χ0v) is 7.69. The lowest BCUT2D eigenvalue weighted by molar-refractivity contribution is -0.255. The van der Waals surface area contributed by atoms with Crippen molar-refractivity contribution in [3.63, 3.8) is 0 Å². The SMILES string of the molecule is COC1CC(O)C(OC)OC1C. The number of aliphatic hydroxyl groups is 1. The Labute approximate surface area is 72.4 Å². The Morgan fingerprint density at radius 2 is 2.00 bits per heavy atom. The summed E-state index contributed by atoms with van der Waals surface area (Å²) < 4.78 is 15.4. The Kier molecular flexibility index (Phi) is 3.46. The van der Waals surface area contributed by atoms with Crippen LogP contribution in [0.4, 0.5) is 0 Å². The molecule has 1 aliphatic heterocycles. The van der Waals surface area contributed by atoms with Gasteiger partial charge in [-0.2, -0.15) is 0 Å². The van der Waals surface area contributed by atoms with Gasteiger partial charge in [-0.15, -0.1) is 0 Å². The summed E-state index contributed by atoms with van der Waals surface area (Å²) in [6, 6.07) is 0. The fourth-order valence-electron chi connectivity index (χ4n) is 1.43. The van der Waals surface area contributed by atoms with E-state index in [1.165, 1.54) is 7.11 Å². The Balaban J connectivity index is 2.49. The first-order chi connectivity index (χ1) is 5.69. The maximum Gasteiger partial charge on any atom is 0.183 e. The standard InChI is InChI=1S/C8H16O4/c1-5-7(10-2)4-6(9)8(11-3)12-5/h5-9H,4H2,1-3H3. The molecule has 4 nitrogen and oxygen atoms in total. The van der Waals surface area contributed by atoms with E-state index < -0.39 is 12.4 Å². The average molecular weight is 176 g/mol. The summed E-state index contributed by atoms with van der Waals surface area (Å²) >= 11 is 0. The maximum atomic E-state index is 9.46. The zero-order chi connectivity index (χ0) is 9.14. The number of ether oxygens (including phenoxy) is 3. The van der Waals surface area contributed by atoms with E-state index in [0.29, 0.717) is 6.42 Å². The molecule has 4 unspecified atom stereocenters. The van der Waals surface area contributed by atoms with E-state index in [2.05, 4.69) is 0 Å². The molecule has 0 spiro atoms. The second kappa shape index (κ2) is 4.18. The number of hydrogen-bond donors (Lipinski definition) is 1. The summed E-state index contributed by atoms with van der Waals surface area (Å²) in [5.41, 5.74) is 0. The molecule has 1 aliphatic rings. The molecule has 0 aliphatic carbocycles. The van der Waals surface area contributed by atoms with Gasteiger partial charge in [-0.25, -0.2) is 0 Å². The fraction of sp³-hybridized carbons (Fsp3) is 1.00. The normalized spacial score (nSPS) is 43.0. The minimum atomic E-state index is -0.587. The number of hydrogen-bond acceptors (Lipinski definition) is 4. The van der Waals surface area contributed by atoms with Crippen molar-refractivity contribution in [3.8, 4) is 0 Å². The highest BCUT2D eigenvalue weighted by Crippen LogP contribution is 2.22. The molecule has 1 heterocycles. The monoisotopic (exact) mass is 176 g/mol. The number of methoxy groups -OCH3 is 2. The summed E-state index contributed by atoms with van der Waals surface area (Å²) in [5.74, 6) is 0. The van der Waals surface area contributed by atoms with Crippen LogP contribution in [0.3, 0.4) is 0 Å². The molecule has 0 bridgehead atoms. The minimum Gasteiger partial charge on any atom is -0.388 e. The minimum absolute atomic E-state index is 0.0247. The van der Waals surface area contributed by atoms with E-state index in [1.807, 2.05) is 6.92 Å². The van der Waals surface area contributed by atoms with Crippen LogP contribution in [0.1, 0.15) is 13.3 Å². The predicted molar refractivity (Wildman–Crippen MR) is 42.8 cm³/mol. The van der Waals surface area contributed by atoms with Crippen LogP contribution in [0, 0.1) is 0 Å². The lowest BCUT2D eigenvalue weighted by atomic mass is 10.0. The summed E-state index contributed by atoms with van der Waals surface area (Å²) in [5, 5.41) is 9.46. The van der Waals surface area contributed by atoms with Crippen molar-refractivity contribution in [1.29, 1.82) is 0 Å². The van der Waals surface area contributed by atoms with Gasteiger partial charge in [0, 0.05) is 20.6 Å². The molecule has 1 fully saturated rings. The van der Waals surface area contributed by atoms with E-state index in [9.17, 15) is 5.11 Å². The summed E-state index contributed by atoms with van der Waals surface area (Å²) in [6.07, 6.45) is -0.590. The largest absolute Gasteiger partial charge is 0.388 e. The molecule has 4 heteroatoms. The van der Waals surface area contributed by atoms with Crippen molar-refractivity contribution in [1.82, 2.24) is 0 Å². The summed E-state index contributed by atoms with van der Waals surface area (Å²) in [4.78, 5) is 0. The van der Waals surface area contributed by atoms with Gasteiger partial charge in [-0.05, 0) is 6.92 Å². The van der Waals surface area contributed by atoms with Crippen molar-refractivity contribution in [2.45, 2.75) is 37.9 Å². The third-order valence-electron chi connectivity index (χ3n) is 2.20. The van der Waals surface area contributed by atoms with Gasteiger partial charge in [0.1, 0.15) is 6.10 Å². The van der Waals surface area contributed by atoms with Gasteiger partial charge in [-0.1, -0.05) is 0 Å². The van der Waals surface area contributed by atoms with Crippen LogP contribution in [-0.2, 0) is 14.2 Å². The van der Waals surface area contributed by atoms with E-state index in [4.69, 9.17) is 14.2 Å². The highest BCUT2D eigenvalue weighted by Gasteiger charge is 2.34. The molecule has 0 aromatic rings. The molecular formula is C8H16O4. The molecule has 0 saturated carbocycles. The molecular weight excluding hydrogens is 160 g/mol. The first-order valence-corrected chi connectivity index (χ1v) is 4.08. The Morgan fingerprint density at radius 3 is 2.50 bits per heavy atom. The second-order valence-corrected chi connectivity index (χ2v) is 3.02.